The zero-order valence-corrected chi connectivity index (χ0v) is 20.4. The van der Waals surface area contributed by atoms with Crippen molar-refractivity contribution in [1.82, 2.24) is 15.5 Å². The lowest BCUT2D eigenvalue weighted by Crippen LogP contribution is -2.49. The molecule has 1 fully saturated rings. The maximum atomic E-state index is 14.9. The van der Waals surface area contributed by atoms with E-state index in [0.29, 0.717) is 17.9 Å². The lowest BCUT2D eigenvalue weighted by Gasteiger charge is -2.16. The number of ether oxygens (including phenoxy) is 2. The van der Waals surface area contributed by atoms with Crippen molar-refractivity contribution < 1.29 is 33.3 Å². The molecule has 2 aliphatic rings. The molecule has 0 aromatic heterocycles. The zero-order chi connectivity index (χ0) is 26.0. The molecule has 4 N–H and O–H groups in total. The van der Waals surface area contributed by atoms with Gasteiger partial charge < -0.3 is 19.7 Å². The third-order valence-electron chi connectivity index (χ3n) is 5.92. The van der Waals surface area contributed by atoms with E-state index in [-0.39, 0.29) is 42.2 Å². The summed E-state index contributed by atoms with van der Waals surface area (Å²) in [6.07, 6.45) is 2.74. The summed E-state index contributed by atoms with van der Waals surface area (Å²) in [6.45, 7) is 4.03. The van der Waals surface area contributed by atoms with E-state index in [1.165, 1.54) is 29.2 Å². The first-order valence-electron chi connectivity index (χ1n) is 11.6. The standard InChI is InChI=1S/C26H28F2N4O4/c1-26(2)13-19-21(10-15(11-22(19)36-26)24(33)31-23(29)6-8-30-3)35-17-4-5-18(20(28)12-17)25(34)32-9-7-16(27)14-32/h4-6,8,10-12,16,30H,7,9,13-14H2,1-3H3,(H2,29,31,33)/p+1/b8-6-/t16-/m1/s1. The first kappa shape index (κ1) is 25.2. The fraction of sp³-hybridized carbons (Fsp3) is 0.346. The van der Waals surface area contributed by atoms with Gasteiger partial charge in [0.25, 0.3) is 11.7 Å². The Bertz CT molecular complexity index is 1240. The van der Waals surface area contributed by atoms with E-state index in [1.54, 1.807) is 19.3 Å². The lowest BCUT2D eigenvalue weighted by atomic mass is 9.99. The Morgan fingerprint density at radius 3 is 2.72 bits per heavy atom. The predicted octanol–water partition coefficient (Wildman–Crippen LogP) is 2.14. The number of benzene rings is 2. The smallest absolute Gasteiger partial charge is 0.339 e. The molecular formula is C26H29F2N4O4+. The highest BCUT2D eigenvalue weighted by Gasteiger charge is 2.34. The molecule has 0 saturated carbocycles. The van der Waals surface area contributed by atoms with E-state index in [0.717, 1.165) is 11.6 Å². The SMILES string of the molecule is CN/C=C\C(=[NH2+])NC(=O)c1cc(Oc2ccc(C(=O)N3CC[C@@H](F)C3)c(F)c2)c2c(c1)OC(C)(C)C2. The highest BCUT2D eigenvalue weighted by Crippen LogP contribution is 2.43. The summed E-state index contributed by atoms with van der Waals surface area (Å²) in [7, 11) is 1.70. The van der Waals surface area contributed by atoms with E-state index in [4.69, 9.17) is 14.9 Å². The number of fused-ring (bicyclic) bond motifs is 1. The minimum absolute atomic E-state index is 0.0417. The molecule has 0 spiro atoms. The number of amidine groups is 1. The van der Waals surface area contributed by atoms with Crippen LogP contribution in [0.25, 0.3) is 0 Å². The lowest BCUT2D eigenvalue weighted by molar-refractivity contribution is -0.115. The van der Waals surface area contributed by atoms with Crippen LogP contribution >= 0.6 is 0 Å². The van der Waals surface area contributed by atoms with Crippen LogP contribution in [-0.4, -0.2) is 54.5 Å². The van der Waals surface area contributed by atoms with Gasteiger partial charge in [0, 0.05) is 43.9 Å². The fourth-order valence-corrected chi connectivity index (χ4v) is 4.22. The van der Waals surface area contributed by atoms with Crippen molar-refractivity contribution in [2.45, 2.75) is 38.5 Å². The average molecular weight is 500 g/mol. The second-order valence-electron chi connectivity index (χ2n) is 9.40. The molecule has 0 unspecified atom stereocenters. The monoisotopic (exact) mass is 499 g/mol. The van der Waals surface area contributed by atoms with Gasteiger partial charge in [0.1, 0.15) is 34.8 Å². The van der Waals surface area contributed by atoms with Crippen molar-refractivity contribution >= 4 is 17.6 Å². The molecule has 1 atom stereocenters. The molecule has 1 saturated heterocycles. The second-order valence-corrected chi connectivity index (χ2v) is 9.40. The van der Waals surface area contributed by atoms with Crippen molar-refractivity contribution in [2.75, 3.05) is 20.1 Å². The quantitative estimate of drug-likeness (QED) is 0.417. The Hall–Kier alpha value is -3.95. The highest BCUT2D eigenvalue weighted by atomic mass is 19.1. The molecule has 2 heterocycles. The maximum Gasteiger partial charge on any atom is 0.339 e. The van der Waals surface area contributed by atoms with Crippen molar-refractivity contribution in [3.05, 3.63) is 65.1 Å². The van der Waals surface area contributed by atoms with Crippen LogP contribution < -0.4 is 25.5 Å². The minimum Gasteiger partial charge on any atom is -0.487 e. The summed E-state index contributed by atoms with van der Waals surface area (Å²) in [5.74, 6) is -0.729. The van der Waals surface area contributed by atoms with E-state index in [1.807, 2.05) is 13.8 Å². The van der Waals surface area contributed by atoms with E-state index in [9.17, 15) is 18.4 Å². The molecular weight excluding hydrogens is 470 g/mol. The Balaban J connectivity index is 1.60. The molecule has 2 amide bonds. The van der Waals surface area contributed by atoms with Gasteiger partial charge in [-0.25, -0.2) is 18.9 Å². The molecule has 2 aromatic rings. The van der Waals surface area contributed by atoms with Crippen LogP contribution in [0.4, 0.5) is 8.78 Å². The van der Waals surface area contributed by atoms with Crippen LogP contribution in [0.15, 0.2) is 42.6 Å². The average Bonchev–Trinajstić information content (AvgIpc) is 3.38. The van der Waals surface area contributed by atoms with Gasteiger partial charge >= 0.3 is 5.91 Å². The maximum absolute atomic E-state index is 14.9. The summed E-state index contributed by atoms with van der Waals surface area (Å²) in [4.78, 5) is 26.7. The normalized spacial score (nSPS) is 18.0. The third kappa shape index (κ3) is 5.48. The summed E-state index contributed by atoms with van der Waals surface area (Å²) >= 11 is 0. The third-order valence-corrected chi connectivity index (χ3v) is 5.92. The molecule has 0 radical (unpaired) electrons. The van der Waals surface area contributed by atoms with E-state index in [2.05, 4.69) is 10.6 Å². The van der Waals surface area contributed by atoms with Crippen LogP contribution in [0.1, 0.15) is 46.5 Å². The minimum atomic E-state index is -1.09. The second kappa shape index (κ2) is 9.96. The van der Waals surface area contributed by atoms with Crippen molar-refractivity contribution in [3.8, 4) is 17.2 Å². The largest absolute Gasteiger partial charge is 0.487 e. The topological polar surface area (TPSA) is 105 Å². The molecule has 0 aliphatic carbocycles. The Labute approximate surface area is 207 Å². The Morgan fingerprint density at radius 2 is 2.06 bits per heavy atom. The van der Waals surface area contributed by atoms with Gasteiger partial charge in [0.05, 0.1) is 17.7 Å². The number of halogens is 2. The number of carbonyl (C=O) groups is 2. The van der Waals surface area contributed by atoms with Crippen molar-refractivity contribution in [2.24, 2.45) is 0 Å². The number of carbonyl (C=O) groups excluding carboxylic acids is 2. The molecule has 4 rings (SSSR count). The number of hydrogen-bond acceptors (Lipinski definition) is 5. The number of nitrogens with one attached hydrogen (secondary N) is 2. The van der Waals surface area contributed by atoms with Crippen LogP contribution in [-0.2, 0) is 6.42 Å². The van der Waals surface area contributed by atoms with Crippen LogP contribution in [0.2, 0.25) is 0 Å². The van der Waals surface area contributed by atoms with Gasteiger partial charge in [-0.05, 0) is 44.5 Å². The number of likely N-dealkylation sites (tertiary alicyclic amines) is 1. The van der Waals surface area contributed by atoms with E-state index >= 15 is 0 Å². The molecule has 190 valence electrons. The first-order valence-corrected chi connectivity index (χ1v) is 11.6. The van der Waals surface area contributed by atoms with Gasteiger partial charge in [-0.2, -0.15) is 0 Å². The Kier molecular flexibility index (Phi) is 6.96. The predicted molar refractivity (Wildman–Crippen MR) is 129 cm³/mol. The first-order chi connectivity index (χ1) is 17.1. The Morgan fingerprint density at radius 1 is 1.28 bits per heavy atom. The van der Waals surface area contributed by atoms with E-state index < -0.39 is 29.4 Å². The van der Waals surface area contributed by atoms with Crippen molar-refractivity contribution in [1.29, 1.82) is 0 Å². The number of rotatable bonds is 6. The number of amides is 2. The highest BCUT2D eigenvalue weighted by molar-refractivity contribution is 6.08. The number of nitrogens with zero attached hydrogens (tertiary/aromatic N) is 1. The molecule has 2 aliphatic heterocycles. The van der Waals surface area contributed by atoms with Gasteiger partial charge in [-0.3, -0.25) is 10.2 Å². The fourth-order valence-electron chi connectivity index (χ4n) is 4.22. The van der Waals surface area contributed by atoms with Gasteiger partial charge in [-0.15, -0.1) is 0 Å². The molecule has 10 heteroatoms. The summed E-state index contributed by atoms with van der Waals surface area (Å²) in [5.41, 5.74) is 0.293. The van der Waals surface area contributed by atoms with Crippen LogP contribution in [0, 0.1) is 5.82 Å². The summed E-state index contributed by atoms with van der Waals surface area (Å²) < 4.78 is 40.3. The van der Waals surface area contributed by atoms with Gasteiger partial charge in [0.15, 0.2) is 0 Å². The van der Waals surface area contributed by atoms with Crippen LogP contribution in [0.5, 0.6) is 17.2 Å². The molecule has 2 aromatic carbocycles. The molecule has 8 nitrogen and oxygen atoms in total. The summed E-state index contributed by atoms with van der Waals surface area (Å²) in [6, 6.07) is 7.03. The summed E-state index contributed by atoms with van der Waals surface area (Å²) in [5, 5.41) is 11.2. The molecule has 0 bridgehead atoms. The van der Waals surface area contributed by atoms with Crippen molar-refractivity contribution in [3.63, 3.8) is 0 Å². The molecule has 36 heavy (non-hydrogen) atoms. The number of hydrogen-bond donors (Lipinski definition) is 3. The van der Waals surface area contributed by atoms with Crippen LogP contribution in [0.3, 0.4) is 0 Å². The number of alkyl halides is 1. The zero-order valence-electron chi connectivity index (χ0n) is 20.4. The van der Waals surface area contributed by atoms with Gasteiger partial charge in [0.2, 0.25) is 0 Å². The van der Waals surface area contributed by atoms with Gasteiger partial charge in [-0.1, -0.05) is 0 Å². The number of nitrogens with two attached hydrogens (primary N) is 1.